The summed E-state index contributed by atoms with van der Waals surface area (Å²) in [6.07, 6.45) is -9.97. The van der Waals surface area contributed by atoms with Crippen LogP contribution in [-0.4, -0.2) is 12.3 Å². The maximum atomic E-state index is 14.2. The van der Waals surface area contributed by atoms with E-state index >= 15 is 0 Å². The Bertz CT molecular complexity index is 1170. The van der Waals surface area contributed by atoms with E-state index in [4.69, 9.17) is 14.9 Å². The van der Waals surface area contributed by atoms with Crippen molar-refractivity contribution < 1.29 is 53.8 Å². The van der Waals surface area contributed by atoms with Crippen LogP contribution in [0.5, 0.6) is 11.5 Å². The van der Waals surface area contributed by atoms with Gasteiger partial charge in [-0.2, -0.15) is 13.2 Å². The average molecular weight is 481 g/mol. The first-order chi connectivity index (χ1) is 15.3. The van der Waals surface area contributed by atoms with Crippen LogP contribution in [0.1, 0.15) is 21.9 Å². The first-order valence-corrected chi connectivity index (χ1v) is 8.73. The molecule has 13 heteroatoms. The predicted molar refractivity (Wildman–Crippen MR) is 95.0 cm³/mol. The van der Waals surface area contributed by atoms with Gasteiger partial charge in [-0.3, -0.25) is 4.79 Å². The lowest BCUT2D eigenvalue weighted by atomic mass is 10.1. The highest BCUT2D eigenvalue weighted by atomic mass is 19.4. The van der Waals surface area contributed by atoms with Gasteiger partial charge < -0.3 is 19.6 Å². The third-order valence-electron chi connectivity index (χ3n) is 4.11. The molecule has 5 nitrogen and oxygen atoms in total. The fourth-order valence-electron chi connectivity index (χ4n) is 2.79. The molecule has 1 heterocycles. The number of carbonyl (C=O) groups excluding carboxylic acids is 1. The maximum absolute atomic E-state index is 14.2. The fourth-order valence-corrected chi connectivity index (χ4v) is 2.79. The summed E-state index contributed by atoms with van der Waals surface area (Å²) in [5.41, 5.74) is 3.10. The third kappa shape index (κ3) is 5.54. The highest BCUT2D eigenvalue weighted by Gasteiger charge is 2.39. The zero-order valence-corrected chi connectivity index (χ0v) is 16.0. The average Bonchev–Trinajstić information content (AvgIpc) is 3.11. The molecular weight excluding hydrogens is 470 g/mol. The van der Waals surface area contributed by atoms with Crippen LogP contribution in [0.3, 0.4) is 0 Å². The summed E-state index contributed by atoms with van der Waals surface area (Å²) < 4.78 is 118. The number of amides is 1. The first-order valence-electron chi connectivity index (χ1n) is 8.73. The number of benzene rings is 2. The van der Waals surface area contributed by atoms with Crippen molar-refractivity contribution in [3.63, 3.8) is 0 Å². The van der Waals surface area contributed by atoms with E-state index < -0.39 is 70.8 Å². The van der Waals surface area contributed by atoms with Gasteiger partial charge in [0, 0.05) is 5.56 Å². The molecule has 0 spiro atoms. The second-order valence-corrected chi connectivity index (χ2v) is 6.41. The molecule has 33 heavy (non-hydrogen) atoms. The van der Waals surface area contributed by atoms with Crippen LogP contribution in [0.2, 0.25) is 0 Å². The largest absolute Gasteiger partial charge is 0.573 e. The monoisotopic (exact) mass is 481 g/mol. The summed E-state index contributed by atoms with van der Waals surface area (Å²) >= 11 is 0. The van der Waals surface area contributed by atoms with E-state index in [1.807, 2.05) is 0 Å². The van der Waals surface area contributed by atoms with Crippen molar-refractivity contribution in [2.75, 3.05) is 0 Å². The highest BCUT2D eigenvalue weighted by molar-refractivity contribution is 5.93. The first kappa shape index (κ1) is 23.9. The van der Waals surface area contributed by atoms with E-state index in [0.717, 1.165) is 36.4 Å². The standard InChI is InChI=1S/C20H11F8NO4/c21-13-5-6-14(16(22)15(13)18(29)30)31-8-11-7-12(17(32-11)19(23,24)25)9-1-3-10(4-2-9)33-20(26,27)28/h1-7H,8H2,(H2,29,30). The number of nitrogens with two attached hydrogens (primary N) is 1. The molecule has 176 valence electrons. The van der Waals surface area contributed by atoms with Crippen LogP contribution >= 0.6 is 0 Å². The van der Waals surface area contributed by atoms with Crippen molar-refractivity contribution in [3.8, 4) is 22.6 Å². The molecular formula is C20H11F8NO4. The van der Waals surface area contributed by atoms with Crippen LogP contribution < -0.4 is 15.2 Å². The third-order valence-corrected chi connectivity index (χ3v) is 4.11. The summed E-state index contributed by atoms with van der Waals surface area (Å²) in [5.74, 6) is -7.39. The van der Waals surface area contributed by atoms with Crippen molar-refractivity contribution in [1.82, 2.24) is 0 Å². The molecule has 2 aromatic carbocycles. The highest BCUT2D eigenvalue weighted by Crippen LogP contribution is 2.40. The molecule has 0 fully saturated rings. The second kappa shape index (κ2) is 8.64. The summed E-state index contributed by atoms with van der Waals surface area (Å²) in [6, 6.07) is 5.88. The topological polar surface area (TPSA) is 74.7 Å². The van der Waals surface area contributed by atoms with Crippen LogP contribution in [-0.2, 0) is 12.8 Å². The predicted octanol–water partition coefficient (Wildman–Crippen LogP) is 5.82. The van der Waals surface area contributed by atoms with Crippen molar-refractivity contribution in [1.29, 1.82) is 0 Å². The molecule has 0 aliphatic rings. The Morgan fingerprint density at radius 1 is 0.970 bits per heavy atom. The van der Waals surface area contributed by atoms with Gasteiger partial charge in [-0.05, 0) is 35.9 Å². The molecule has 3 aromatic rings. The number of halogens is 8. The number of carbonyl (C=O) groups is 1. The normalized spacial score (nSPS) is 12.0. The molecule has 0 radical (unpaired) electrons. The molecule has 0 aliphatic heterocycles. The number of hydrogen-bond donors (Lipinski definition) is 1. The van der Waals surface area contributed by atoms with E-state index in [2.05, 4.69) is 4.74 Å². The lowest BCUT2D eigenvalue weighted by Gasteiger charge is -2.10. The minimum atomic E-state index is -4.99. The van der Waals surface area contributed by atoms with Gasteiger partial charge in [-0.15, -0.1) is 13.2 Å². The lowest BCUT2D eigenvalue weighted by Crippen LogP contribution is -2.16. The molecule has 0 bridgehead atoms. The molecule has 0 unspecified atom stereocenters. The van der Waals surface area contributed by atoms with Crippen molar-refractivity contribution in [2.45, 2.75) is 19.1 Å². The summed E-state index contributed by atoms with van der Waals surface area (Å²) in [5, 5.41) is 0. The fraction of sp³-hybridized carbons (Fsp3) is 0.150. The van der Waals surface area contributed by atoms with Crippen LogP contribution in [0.15, 0.2) is 46.9 Å². The number of alkyl halides is 6. The Morgan fingerprint density at radius 2 is 1.61 bits per heavy atom. The minimum Gasteiger partial charge on any atom is -0.483 e. The van der Waals surface area contributed by atoms with Crippen molar-refractivity contribution in [3.05, 3.63) is 71.2 Å². The van der Waals surface area contributed by atoms with Gasteiger partial charge in [0.2, 0.25) is 5.76 Å². The molecule has 3 rings (SSSR count). The molecule has 0 atom stereocenters. The van der Waals surface area contributed by atoms with Gasteiger partial charge in [-0.25, -0.2) is 8.78 Å². The van der Waals surface area contributed by atoms with Gasteiger partial charge >= 0.3 is 12.5 Å². The van der Waals surface area contributed by atoms with E-state index in [-0.39, 0.29) is 5.56 Å². The van der Waals surface area contributed by atoms with Gasteiger partial charge in [0.05, 0.1) is 0 Å². The smallest absolute Gasteiger partial charge is 0.483 e. The number of rotatable bonds is 6. The van der Waals surface area contributed by atoms with Gasteiger partial charge in [0.15, 0.2) is 11.6 Å². The molecule has 0 aliphatic carbocycles. The Labute approximate surface area is 179 Å². The van der Waals surface area contributed by atoms with E-state index in [1.165, 1.54) is 0 Å². The van der Waals surface area contributed by atoms with Crippen LogP contribution in [0, 0.1) is 11.6 Å². The molecule has 0 saturated heterocycles. The quantitative estimate of drug-likeness (QED) is 0.451. The maximum Gasteiger partial charge on any atom is 0.573 e. The zero-order valence-electron chi connectivity index (χ0n) is 16.0. The second-order valence-electron chi connectivity index (χ2n) is 6.41. The summed E-state index contributed by atoms with van der Waals surface area (Å²) in [6.45, 7) is -0.765. The van der Waals surface area contributed by atoms with Crippen LogP contribution in [0.25, 0.3) is 11.1 Å². The molecule has 0 saturated carbocycles. The van der Waals surface area contributed by atoms with Crippen molar-refractivity contribution in [2.24, 2.45) is 5.73 Å². The van der Waals surface area contributed by atoms with E-state index in [0.29, 0.717) is 6.07 Å². The Morgan fingerprint density at radius 3 is 2.15 bits per heavy atom. The van der Waals surface area contributed by atoms with Gasteiger partial charge in [-0.1, -0.05) is 12.1 Å². The van der Waals surface area contributed by atoms with Crippen LogP contribution in [0.4, 0.5) is 35.1 Å². The zero-order chi connectivity index (χ0) is 24.6. The number of primary amides is 1. The Kier molecular flexibility index (Phi) is 6.25. The SMILES string of the molecule is NC(=O)c1c(F)ccc(OCc2cc(-c3ccc(OC(F)(F)F)cc3)c(C(F)(F)F)o2)c1F. The van der Waals surface area contributed by atoms with Gasteiger partial charge in [0.25, 0.3) is 5.91 Å². The van der Waals surface area contributed by atoms with E-state index in [1.54, 1.807) is 0 Å². The molecule has 1 amide bonds. The summed E-state index contributed by atoms with van der Waals surface area (Å²) in [4.78, 5) is 11.2. The lowest BCUT2D eigenvalue weighted by molar-refractivity contribution is -0.274. The molecule has 1 aromatic heterocycles. The Hall–Kier alpha value is -3.77. The molecule has 2 N–H and O–H groups in total. The van der Waals surface area contributed by atoms with Gasteiger partial charge in [0.1, 0.15) is 29.5 Å². The van der Waals surface area contributed by atoms with E-state index in [9.17, 15) is 39.9 Å². The minimum absolute atomic E-state index is 0.157. The number of hydrogen-bond acceptors (Lipinski definition) is 4. The van der Waals surface area contributed by atoms with Crippen molar-refractivity contribution >= 4 is 5.91 Å². The number of furan rings is 1. The summed E-state index contributed by atoms with van der Waals surface area (Å²) in [7, 11) is 0. The number of ether oxygens (including phenoxy) is 2. The Balaban J connectivity index is 1.89.